The van der Waals surface area contributed by atoms with Gasteiger partial charge in [-0.1, -0.05) is 27.7 Å². The molecule has 4 heteroatoms. The molecule has 0 saturated carbocycles. The van der Waals surface area contributed by atoms with E-state index in [1.54, 1.807) is 0 Å². The maximum atomic E-state index is 11.7. The highest BCUT2D eigenvalue weighted by Crippen LogP contribution is 2.15. The van der Waals surface area contributed by atoms with Gasteiger partial charge in [-0.2, -0.15) is 0 Å². The Morgan fingerprint density at radius 3 is 2.10 bits per heavy atom. The summed E-state index contributed by atoms with van der Waals surface area (Å²) < 4.78 is 5.77. The van der Waals surface area contributed by atoms with E-state index < -0.39 is 0 Å². The highest BCUT2D eigenvalue weighted by Gasteiger charge is 2.22. The maximum absolute atomic E-state index is 11.7. The predicted molar refractivity (Wildman–Crippen MR) is 79.7 cm³/mol. The van der Waals surface area contributed by atoms with Gasteiger partial charge in [-0.3, -0.25) is 14.5 Å². The Kier molecular flexibility index (Phi) is 7.38. The van der Waals surface area contributed by atoms with E-state index >= 15 is 0 Å². The minimum atomic E-state index is 0.0995. The number of rotatable bonds is 8. The first-order chi connectivity index (χ1) is 9.40. The highest BCUT2D eigenvalue weighted by atomic mass is 16.5. The van der Waals surface area contributed by atoms with Crippen molar-refractivity contribution in [2.45, 2.75) is 53.1 Å². The van der Waals surface area contributed by atoms with Crippen LogP contribution in [-0.2, 0) is 14.3 Å². The maximum Gasteiger partial charge on any atom is 0.149 e. The molecule has 1 saturated heterocycles. The lowest BCUT2D eigenvalue weighted by Crippen LogP contribution is -2.40. The monoisotopic (exact) mass is 283 g/mol. The van der Waals surface area contributed by atoms with Gasteiger partial charge in [0.25, 0.3) is 0 Å². The van der Waals surface area contributed by atoms with Gasteiger partial charge in [0.2, 0.25) is 0 Å². The summed E-state index contributed by atoms with van der Waals surface area (Å²) in [6, 6.07) is 0. The van der Waals surface area contributed by atoms with Crippen molar-refractivity contribution in [2.24, 2.45) is 11.8 Å². The number of Topliss-reactive ketones (excluding diaryl/α,β-unsaturated/α-hetero) is 2. The van der Waals surface area contributed by atoms with Crippen LogP contribution in [0.15, 0.2) is 0 Å². The van der Waals surface area contributed by atoms with Gasteiger partial charge in [-0.25, -0.2) is 0 Å². The zero-order valence-electron chi connectivity index (χ0n) is 13.4. The fraction of sp³-hybridized carbons (Fsp3) is 0.875. The van der Waals surface area contributed by atoms with Crippen molar-refractivity contribution < 1.29 is 14.3 Å². The third kappa shape index (κ3) is 6.14. The van der Waals surface area contributed by atoms with Gasteiger partial charge in [0.05, 0.1) is 19.3 Å². The number of ether oxygens (including phenoxy) is 1. The van der Waals surface area contributed by atoms with E-state index in [4.69, 9.17) is 4.74 Å². The molecule has 0 unspecified atom stereocenters. The lowest BCUT2D eigenvalue weighted by atomic mass is 10.0. The first-order valence-electron chi connectivity index (χ1n) is 7.79. The Morgan fingerprint density at radius 1 is 1.05 bits per heavy atom. The summed E-state index contributed by atoms with van der Waals surface area (Å²) in [5.41, 5.74) is 0. The average molecular weight is 283 g/mol. The van der Waals surface area contributed by atoms with Crippen molar-refractivity contribution in [2.75, 3.05) is 26.2 Å². The van der Waals surface area contributed by atoms with Crippen LogP contribution in [0.2, 0.25) is 0 Å². The van der Waals surface area contributed by atoms with E-state index in [2.05, 4.69) is 4.90 Å². The summed E-state index contributed by atoms with van der Waals surface area (Å²) in [6.45, 7) is 10.7. The zero-order chi connectivity index (χ0) is 15.1. The Hall–Kier alpha value is -0.740. The van der Waals surface area contributed by atoms with Gasteiger partial charge in [0.1, 0.15) is 11.6 Å². The fourth-order valence-corrected chi connectivity index (χ4v) is 2.25. The van der Waals surface area contributed by atoms with Crippen LogP contribution in [0.1, 0.15) is 47.0 Å². The molecule has 1 aliphatic heterocycles. The Balaban J connectivity index is 2.16. The minimum absolute atomic E-state index is 0.0995. The van der Waals surface area contributed by atoms with Gasteiger partial charge in [-0.15, -0.1) is 0 Å². The second-order valence-electron chi connectivity index (χ2n) is 6.34. The molecule has 0 N–H and O–H groups in total. The molecule has 0 bridgehead atoms. The third-order valence-corrected chi connectivity index (χ3v) is 3.90. The van der Waals surface area contributed by atoms with Crippen LogP contribution in [0.5, 0.6) is 0 Å². The molecule has 0 amide bonds. The highest BCUT2D eigenvalue weighted by molar-refractivity contribution is 5.82. The standard InChI is InChI=1S/C16H29NO3/c1-12(2)15(18)7-10-20-14-5-8-17(9-6-14)11-16(19)13(3)4/h12-14H,5-11H2,1-4H3. The molecule has 1 aliphatic rings. The van der Waals surface area contributed by atoms with E-state index in [9.17, 15) is 9.59 Å². The van der Waals surface area contributed by atoms with Crippen molar-refractivity contribution in [3.63, 3.8) is 0 Å². The Labute approximate surface area is 122 Å². The molecule has 0 atom stereocenters. The third-order valence-electron chi connectivity index (χ3n) is 3.90. The molecule has 1 rings (SSSR count). The van der Waals surface area contributed by atoms with Gasteiger partial charge in [0, 0.05) is 31.3 Å². The number of ketones is 2. The quantitative estimate of drug-likeness (QED) is 0.686. The first-order valence-corrected chi connectivity index (χ1v) is 7.79. The smallest absolute Gasteiger partial charge is 0.149 e. The van der Waals surface area contributed by atoms with E-state index in [1.807, 2.05) is 27.7 Å². The van der Waals surface area contributed by atoms with Crippen LogP contribution in [-0.4, -0.2) is 48.8 Å². The molecule has 20 heavy (non-hydrogen) atoms. The number of carbonyl (C=O) groups excluding carboxylic acids is 2. The molecule has 0 aliphatic carbocycles. The number of nitrogens with zero attached hydrogens (tertiary/aromatic N) is 1. The SMILES string of the molecule is CC(C)C(=O)CCOC1CCN(CC(=O)C(C)C)CC1. The van der Waals surface area contributed by atoms with E-state index in [0.717, 1.165) is 25.9 Å². The van der Waals surface area contributed by atoms with Gasteiger partial charge in [-0.05, 0) is 12.8 Å². The normalized spacial score (nSPS) is 17.9. The van der Waals surface area contributed by atoms with E-state index in [1.165, 1.54) is 0 Å². The molecule has 1 heterocycles. The molecule has 0 spiro atoms. The van der Waals surface area contributed by atoms with E-state index in [-0.39, 0.29) is 23.7 Å². The van der Waals surface area contributed by atoms with Crippen LogP contribution in [0.25, 0.3) is 0 Å². The number of hydrogen-bond donors (Lipinski definition) is 0. The summed E-state index contributed by atoms with van der Waals surface area (Å²) in [7, 11) is 0. The number of piperidine rings is 1. The van der Waals surface area contributed by atoms with Crippen molar-refractivity contribution in [3.05, 3.63) is 0 Å². The minimum Gasteiger partial charge on any atom is -0.378 e. The molecule has 0 aromatic heterocycles. The van der Waals surface area contributed by atoms with Crippen LogP contribution >= 0.6 is 0 Å². The van der Waals surface area contributed by atoms with Crippen LogP contribution in [0.4, 0.5) is 0 Å². The van der Waals surface area contributed by atoms with Crippen molar-refractivity contribution in [3.8, 4) is 0 Å². The summed E-state index contributed by atoms with van der Waals surface area (Å²) in [4.78, 5) is 25.4. The second kappa shape index (κ2) is 8.53. The zero-order valence-corrected chi connectivity index (χ0v) is 13.4. The Morgan fingerprint density at radius 2 is 1.60 bits per heavy atom. The van der Waals surface area contributed by atoms with Crippen LogP contribution < -0.4 is 0 Å². The second-order valence-corrected chi connectivity index (χ2v) is 6.34. The molecule has 0 aromatic rings. The summed E-state index contributed by atoms with van der Waals surface area (Å²) >= 11 is 0. The van der Waals surface area contributed by atoms with Crippen molar-refractivity contribution in [1.82, 2.24) is 4.90 Å². The lowest BCUT2D eigenvalue weighted by Gasteiger charge is -2.31. The van der Waals surface area contributed by atoms with Gasteiger partial charge >= 0.3 is 0 Å². The van der Waals surface area contributed by atoms with Gasteiger partial charge < -0.3 is 4.74 Å². The van der Waals surface area contributed by atoms with E-state index in [0.29, 0.717) is 25.4 Å². The van der Waals surface area contributed by atoms with Crippen LogP contribution in [0.3, 0.4) is 0 Å². The molecule has 4 nitrogen and oxygen atoms in total. The number of hydrogen-bond acceptors (Lipinski definition) is 4. The topological polar surface area (TPSA) is 46.6 Å². The predicted octanol–water partition coefficient (Wildman–Crippen LogP) is 2.31. The molecule has 0 aromatic carbocycles. The van der Waals surface area contributed by atoms with Crippen molar-refractivity contribution >= 4 is 11.6 Å². The molecular formula is C16H29NO3. The average Bonchev–Trinajstić information content (AvgIpc) is 2.40. The van der Waals surface area contributed by atoms with Gasteiger partial charge in [0.15, 0.2) is 0 Å². The first kappa shape index (κ1) is 17.3. The summed E-state index contributed by atoms with van der Waals surface area (Å²) in [6.07, 6.45) is 2.69. The lowest BCUT2D eigenvalue weighted by molar-refractivity contribution is -0.125. The molecular weight excluding hydrogens is 254 g/mol. The fourth-order valence-electron chi connectivity index (χ4n) is 2.25. The van der Waals surface area contributed by atoms with Crippen molar-refractivity contribution in [1.29, 1.82) is 0 Å². The molecule has 1 fully saturated rings. The number of likely N-dealkylation sites (tertiary alicyclic amines) is 1. The summed E-state index contributed by atoms with van der Waals surface area (Å²) in [5.74, 6) is 0.797. The van der Waals surface area contributed by atoms with Crippen LogP contribution in [0, 0.1) is 11.8 Å². The largest absolute Gasteiger partial charge is 0.378 e. The molecule has 116 valence electrons. The number of carbonyl (C=O) groups is 2. The summed E-state index contributed by atoms with van der Waals surface area (Å²) in [5, 5.41) is 0. The Bertz CT molecular complexity index is 318. The molecule has 0 radical (unpaired) electrons.